The lowest BCUT2D eigenvalue weighted by Crippen LogP contribution is -2.17. The van der Waals surface area contributed by atoms with Gasteiger partial charge in [0, 0.05) is 12.7 Å². The monoisotopic (exact) mass is 227 g/mol. The molecule has 0 fully saturated rings. The third kappa shape index (κ3) is 4.06. The van der Waals surface area contributed by atoms with E-state index >= 15 is 0 Å². The van der Waals surface area contributed by atoms with E-state index < -0.39 is 0 Å². The maximum atomic E-state index is 5.98. The molecule has 1 rings (SSSR count). The number of hydrogen-bond donors (Lipinski definition) is 2. The molecule has 0 aromatic carbocycles. The SMILES string of the molecule is CCC(CCN)CNc1ncccc1Cl. The van der Waals surface area contributed by atoms with Crippen molar-refractivity contribution >= 4 is 17.4 Å². The zero-order valence-electron chi connectivity index (χ0n) is 9.04. The van der Waals surface area contributed by atoms with E-state index in [0.29, 0.717) is 10.9 Å². The van der Waals surface area contributed by atoms with Crippen LogP contribution < -0.4 is 11.1 Å². The van der Waals surface area contributed by atoms with Gasteiger partial charge < -0.3 is 11.1 Å². The summed E-state index contributed by atoms with van der Waals surface area (Å²) < 4.78 is 0. The van der Waals surface area contributed by atoms with Gasteiger partial charge in [-0.05, 0) is 31.0 Å². The summed E-state index contributed by atoms with van der Waals surface area (Å²) in [5.74, 6) is 1.35. The molecule has 0 spiro atoms. The summed E-state index contributed by atoms with van der Waals surface area (Å²) in [7, 11) is 0. The number of nitrogens with two attached hydrogens (primary N) is 1. The van der Waals surface area contributed by atoms with Crippen molar-refractivity contribution in [2.24, 2.45) is 11.7 Å². The minimum absolute atomic E-state index is 0.591. The topological polar surface area (TPSA) is 50.9 Å². The third-order valence-electron chi connectivity index (χ3n) is 2.47. The zero-order chi connectivity index (χ0) is 11.1. The zero-order valence-corrected chi connectivity index (χ0v) is 9.80. The normalized spacial score (nSPS) is 12.5. The van der Waals surface area contributed by atoms with Crippen LogP contribution >= 0.6 is 11.6 Å². The molecule has 3 nitrogen and oxygen atoms in total. The summed E-state index contributed by atoms with van der Waals surface area (Å²) in [5, 5.41) is 3.92. The average molecular weight is 228 g/mol. The lowest BCUT2D eigenvalue weighted by molar-refractivity contribution is 0.501. The van der Waals surface area contributed by atoms with Gasteiger partial charge in [0.25, 0.3) is 0 Å². The molecule has 1 heterocycles. The van der Waals surface area contributed by atoms with Crippen molar-refractivity contribution in [2.75, 3.05) is 18.4 Å². The average Bonchev–Trinajstić information content (AvgIpc) is 2.26. The van der Waals surface area contributed by atoms with Crippen LogP contribution in [0.1, 0.15) is 19.8 Å². The number of nitrogens with zero attached hydrogens (tertiary/aromatic N) is 1. The second-order valence-electron chi connectivity index (χ2n) is 3.57. The van der Waals surface area contributed by atoms with Crippen LogP contribution in [0.2, 0.25) is 5.02 Å². The molecule has 15 heavy (non-hydrogen) atoms. The maximum Gasteiger partial charge on any atom is 0.144 e. The Morgan fingerprint density at radius 3 is 3.00 bits per heavy atom. The second kappa shape index (κ2) is 6.64. The van der Waals surface area contributed by atoms with Crippen LogP contribution in [-0.4, -0.2) is 18.1 Å². The van der Waals surface area contributed by atoms with Crippen molar-refractivity contribution in [3.63, 3.8) is 0 Å². The first-order valence-corrected chi connectivity index (χ1v) is 5.70. The van der Waals surface area contributed by atoms with Crippen molar-refractivity contribution in [2.45, 2.75) is 19.8 Å². The molecule has 4 heteroatoms. The molecule has 0 aliphatic carbocycles. The summed E-state index contributed by atoms with van der Waals surface area (Å²) in [4.78, 5) is 4.17. The van der Waals surface area contributed by atoms with Crippen molar-refractivity contribution in [3.8, 4) is 0 Å². The van der Waals surface area contributed by atoms with E-state index in [0.717, 1.165) is 31.7 Å². The fourth-order valence-corrected chi connectivity index (χ4v) is 1.63. The fraction of sp³-hybridized carbons (Fsp3) is 0.545. The minimum atomic E-state index is 0.591. The molecule has 0 amide bonds. The Morgan fingerprint density at radius 2 is 2.40 bits per heavy atom. The lowest BCUT2D eigenvalue weighted by atomic mass is 10.0. The number of pyridine rings is 1. The Hall–Kier alpha value is -0.800. The molecule has 0 aliphatic heterocycles. The standard InChI is InChI=1S/C11H18ClN3/c1-2-9(5-6-13)8-15-11-10(12)4-3-7-14-11/h3-4,7,9H,2,5-6,8,13H2,1H3,(H,14,15). The quantitative estimate of drug-likeness (QED) is 0.785. The predicted octanol–water partition coefficient (Wildman–Crippen LogP) is 2.52. The van der Waals surface area contributed by atoms with E-state index in [4.69, 9.17) is 17.3 Å². The summed E-state index contributed by atoms with van der Waals surface area (Å²) >= 11 is 5.98. The van der Waals surface area contributed by atoms with Gasteiger partial charge in [-0.15, -0.1) is 0 Å². The van der Waals surface area contributed by atoms with Crippen molar-refractivity contribution in [3.05, 3.63) is 23.4 Å². The molecular weight excluding hydrogens is 210 g/mol. The maximum absolute atomic E-state index is 5.98. The number of halogens is 1. The molecule has 1 unspecified atom stereocenters. The Labute approximate surface area is 96.0 Å². The summed E-state index contributed by atoms with van der Waals surface area (Å²) in [6.45, 7) is 3.78. The van der Waals surface area contributed by atoms with Gasteiger partial charge >= 0.3 is 0 Å². The number of anilines is 1. The fourth-order valence-electron chi connectivity index (χ4n) is 1.44. The van der Waals surface area contributed by atoms with Gasteiger partial charge in [-0.3, -0.25) is 0 Å². The highest BCUT2D eigenvalue weighted by molar-refractivity contribution is 6.32. The van der Waals surface area contributed by atoms with Crippen LogP contribution in [0.5, 0.6) is 0 Å². The summed E-state index contributed by atoms with van der Waals surface area (Å²) in [6, 6.07) is 3.66. The van der Waals surface area contributed by atoms with Crippen LogP contribution in [-0.2, 0) is 0 Å². The highest BCUT2D eigenvalue weighted by Gasteiger charge is 2.06. The van der Waals surface area contributed by atoms with Crippen molar-refractivity contribution < 1.29 is 0 Å². The Morgan fingerprint density at radius 1 is 1.60 bits per heavy atom. The van der Waals surface area contributed by atoms with E-state index in [9.17, 15) is 0 Å². The highest BCUT2D eigenvalue weighted by atomic mass is 35.5. The van der Waals surface area contributed by atoms with E-state index in [1.807, 2.05) is 12.1 Å². The molecule has 84 valence electrons. The van der Waals surface area contributed by atoms with Crippen LogP contribution in [0.4, 0.5) is 5.82 Å². The van der Waals surface area contributed by atoms with Crippen LogP contribution in [0, 0.1) is 5.92 Å². The number of nitrogens with one attached hydrogen (secondary N) is 1. The molecule has 1 aromatic heterocycles. The van der Waals surface area contributed by atoms with E-state index in [1.54, 1.807) is 6.20 Å². The van der Waals surface area contributed by atoms with Gasteiger partial charge in [0.1, 0.15) is 5.82 Å². The Bertz CT molecular complexity index is 291. The summed E-state index contributed by atoms with van der Waals surface area (Å²) in [5.41, 5.74) is 5.53. The first kappa shape index (κ1) is 12.3. The van der Waals surface area contributed by atoms with Gasteiger partial charge in [-0.2, -0.15) is 0 Å². The molecular formula is C11H18ClN3. The van der Waals surface area contributed by atoms with Crippen molar-refractivity contribution in [1.29, 1.82) is 0 Å². The smallest absolute Gasteiger partial charge is 0.144 e. The van der Waals surface area contributed by atoms with Gasteiger partial charge in [-0.25, -0.2) is 4.98 Å². The van der Waals surface area contributed by atoms with Crippen LogP contribution in [0.3, 0.4) is 0 Å². The largest absolute Gasteiger partial charge is 0.369 e. The molecule has 1 aromatic rings. The van der Waals surface area contributed by atoms with Gasteiger partial charge in [0.05, 0.1) is 5.02 Å². The van der Waals surface area contributed by atoms with E-state index in [2.05, 4.69) is 17.2 Å². The number of rotatable bonds is 6. The highest BCUT2D eigenvalue weighted by Crippen LogP contribution is 2.18. The number of hydrogen-bond acceptors (Lipinski definition) is 3. The van der Waals surface area contributed by atoms with Gasteiger partial charge in [0.2, 0.25) is 0 Å². The Balaban J connectivity index is 2.45. The molecule has 0 radical (unpaired) electrons. The predicted molar refractivity (Wildman–Crippen MR) is 65.2 cm³/mol. The van der Waals surface area contributed by atoms with E-state index in [1.165, 1.54) is 0 Å². The second-order valence-corrected chi connectivity index (χ2v) is 3.97. The minimum Gasteiger partial charge on any atom is -0.369 e. The van der Waals surface area contributed by atoms with E-state index in [-0.39, 0.29) is 0 Å². The number of aromatic nitrogens is 1. The lowest BCUT2D eigenvalue weighted by Gasteiger charge is -2.15. The molecule has 0 saturated heterocycles. The molecule has 3 N–H and O–H groups in total. The Kier molecular flexibility index (Phi) is 5.43. The van der Waals surface area contributed by atoms with Gasteiger partial charge in [0.15, 0.2) is 0 Å². The molecule has 1 atom stereocenters. The first-order valence-electron chi connectivity index (χ1n) is 5.32. The van der Waals surface area contributed by atoms with Crippen LogP contribution in [0.25, 0.3) is 0 Å². The molecule has 0 bridgehead atoms. The summed E-state index contributed by atoms with van der Waals surface area (Å²) in [6.07, 6.45) is 3.89. The third-order valence-corrected chi connectivity index (χ3v) is 2.77. The van der Waals surface area contributed by atoms with Crippen LogP contribution in [0.15, 0.2) is 18.3 Å². The van der Waals surface area contributed by atoms with Gasteiger partial charge in [-0.1, -0.05) is 24.9 Å². The van der Waals surface area contributed by atoms with Crippen molar-refractivity contribution in [1.82, 2.24) is 4.98 Å². The molecule has 0 aliphatic rings. The molecule has 0 saturated carbocycles. The first-order chi connectivity index (χ1) is 7.27.